The molecular weight excluding hydrogens is 506 g/mol. The molecule has 2 aromatic carbocycles. The van der Waals surface area contributed by atoms with E-state index in [9.17, 15) is 22.0 Å². The summed E-state index contributed by atoms with van der Waals surface area (Å²) < 4.78 is 54.6. The molecule has 0 unspecified atom stereocenters. The Labute approximate surface area is 203 Å². The minimum Gasteiger partial charge on any atom is -0.349 e. The molecule has 0 spiro atoms. The summed E-state index contributed by atoms with van der Waals surface area (Å²) in [4.78, 5) is 20.0. The SMILES string of the molecule is O=c1nc(N2CCN[C@H]3CS(=O)(=O)C[C@H]32)c2cc(Cl)c(-c3ccc(F)cc3F)c3c2n1CCS3. The minimum atomic E-state index is -3.22. The number of hydrogen-bond donors (Lipinski definition) is 1. The van der Waals surface area contributed by atoms with Gasteiger partial charge >= 0.3 is 5.69 Å². The van der Waals surface area contributed by atoms with Crippen molar-refractivity contribution in [2.45, 2.75) is 23.5 Å². The molecule has 7 nitrogen and oxygen atoms in total. The number of aromatic nitrogens is 2. The number of aryl methyl sites for hydroxylation is 1. The number of halogens is 3. The average Bonchev–Trinajstić information content (AvgIpc) is 3.11. The lowest BCUT2D eigenvalue weighted by atomic mass is 10.0. The second kappa shape index (κ2) is 7.91. The van der Waals surface area contributed by atoms with Gasteiger partial charge in [-0.15, -0.1) is 11.8 Å². The van der Waals surface area contributed by atoms with E-state index in [2.05, 4.69) is 10.3 Å². The normalized spacial score (nSPS) is 23.3. The van der Waals surface area contributed by atoms with Gasteiger partial charge in [0.1, 0.15) is 17.5 Å². The first-order chi connectivity index (χ1) is 16.2. The quantitative estimate of drug-likeness (QED) is 0.552. The summed E-state index contributed by atoms with van der Waals surface area (Å²) in [5.41, 5.74) is 0.695. The third-order valence-electron chi connectivity index (χ3n) is 6.67. The van der Waals surface area contributed by atoms with Crippen molar-refractivity contribution in [3.63, 3.8) is 0 Å². The maximum atomic E-state index is 14.8. The van der Waals surface area contributed by atoms with Gasteiger partial charge in [-0.1, -0.05) is 11.6 Å². The Hall–Kier alpha value is -2.21. The van der Waals surface area contributed by atoms with Crippen molar-refractivity contribution in [1.29, 1.82) is 0 Å². The molecule has 0 radical (unpaired) electrons. The maximum Gasteiger partial charge on any atom is 0.350 e. The predicted octanol–water partition coefficient (Wildman–Crippen LogP) is 2.68. The van der Waals surface area contributed by atoms with Crippen molar-refractivity contribution in [3.8, 4) is 11.1 Å². The van der Waals surface area contributed by atoms with Crippen molar-refractivity contribution in [3.05, 3.63) is 51.4 Å². The number of nitrogens with zero attached hydrogens (tertiary/aromatic N) is 3. The van der Waals surface area contributed by atoms with E-state index < -0.39 is 27.2 Å². The summed E-state index contributed by atoms with van der Waals surface area (Å²) >= 11 is 8.16. The molecule has 0 saturated carbocycles. The number of thioether (sulfide) groups is 1. The smallest absolute Gasteiger partial charge is 0.349 e. The van der Waals surface area contributed by atoms with Gasteiger partial charge in [-0.2, -0.15) is 4.98 Å². The van der Waals surface area contributed by atoms with Crippen LogP contribution < -0.4 is 15.9 Å². The summed E-state index contributed by atoms with van der Waals surface area (Å²) in [6, 6.07) is 4.38. The van der Waals surface area contributed by atoms with Crippen molar-refractivity contribution >= 4 is 49.9 Å². The molecule has 0 amide bonds. The van der Waals surface area contributed by atoms with E-state index in [1.807, 2.05) is 4.90 Å². The second-order valence-electron chi connectivity index (χ2n) is 8.70. The molecule has 1 aromatic heterocycles. The Morgan fingerprint density at radius 3 is 2.79 bits per heavy atom. The molecule has 3 aliphatic rings. The van der Waals surface area contributed by atoms with Gasteiger partial charge in [-0.3, -0.25) is 4.57 Å². The van der Waals surface area contributed by atoms with Crippen LogP contribution in [0.25, 0.3) is 22.0 Å². The van der Waals surface area contributed by atoms with E-state index >= 15 is 0 Å². The van der Waals surface area contributed by atoms with Gasteiger partial charge in [0.2, 0.25) is 0 Å². The zero-order valence-corrected chi connectivity index (χ0v) is 20.1. The highest BCUT2D eigenvalue weighted by Gasteiger charge is 2.44. The molecule has 1 N–H and O–H groups in total. The summed E-state index contributed by atoms with van der Waals surface area (Å²) in [5, 5.41) is 4.13. The number of hydrogen-bond acceptors (Lipinski definition) is 7. The monoisotopic (exact) mass is 524 g/mol. The molecule has 2 atom stereocenters. The first kappa shape index (κ1) is 22.3. The summed E-state index contributed by atoms with van der Waals surface area (Å²) in [6.45, 7) is 1.46. The molecule has 2 fully saturated rings. The Balaban J connectivity index is 1.62. The fourth-order valence-electron chi connectivity index (χ4n) is 5.24. The van der Waals surface area contributed by atoms with Crippen LogP contribution in [0.2, 0.25) is 5.02 Å². The number of benzene rings is 2. The highest BCUT2D eigenvalue weighted by atomic mass is 35.5. The van der Waals surface area contributed by atoms with Crippen LogP contribution in [0.5, 0.6) is 0 Å². The fourth-order valence-corrected chi connectivity index (χ4v) is 8.76. The van der Waals surface area contributed by atoms with Gasteiger partial charge in [0.25, 0.3) is 0 Å². The summed E-state index contributed by atoms with van der Waals surface area (Å²) in [6.07, 6.45) is 0. The van der Waals surface area contributed by atoms with Gasteiger partial charge in [-0.25, -0.2) is 22.0 Å². The molecule has 12 heteroatoms. The van der Waals surface area contributed by atoms with Gasteiger partial charge in [0.05, 0.1) is 28.1 Å². The zero-order valence-electron chi connectivity index (χ0n) is 17.7. The zero-order chi connectivity index (χ0) is 23.8. The van der Waals surface area contributed by atoms with Crippen molar-refractivity contribution < 1.29 is 17.2 Å². The van der Waals surface area contributed by atoms with Crippen LogP contribution in [0.3, 0.4) is 0 Å². The van der Waals surface area contributed by atoms with Crippen LogP contribution >= 0.6 is 23.4 Å². The third kappa shape index (κ3) is 3.43. The van der Waals surface area contributed by atoms with E-state index in [-0.39, 0.29) is 34.2 Å². The minimum absolute atomic E-state index is 0.0227. The number of piperazine rings is 1. The fraction of sp³-hybridized carbons (Fsp3) is 0.364. The van der Waals surface area contributed by atoms with E-state index in [0.717, 1.165) is 6.07 Å². The highest BCUT2D eigenvalue weighted by Crippen LogP contribution is 2.46. The van der Waals surface area contributed by atoms with Crippen LogP contribution in [0.1, 0.15) is 0 Å². The molecule has 0 bridgehead atoms. The number of rotatable bonds is 2. The predicted molar refractivity (Wildman–Crippen MR) is 129 cm³/mol. The lowest BCUT2D eigenvalue weighted by molar-refractivity contribution is 0.423. The summed E-state index contributed by atoms with van der Waals surface area (Å²) in [5.74, 6) is -0.461. The van der Waals surface area contributed by atoms with E-state index in [1.165, 1.54) is 23.9 Å². The Bertz CT molecular complexity index is 1530. The third-order valence-corrected chi connectivity index (χ3v) is 9.75. The average molecular weight is 525 g/mol. The molecular formula is C22H19ClF2N4O3S2. The number of fused-ring (bicyclic) bond motifs is 1. The van der Waals surface area contributed by atoms with Crippen LogP contribution in [0.15, 0.2) is 34.0 Å². The van der Waals surface area contributed by atoms with Gasteiger partial charge in [0, 0.05) is 58.9 Å². The van der Waals surface area contributed by atoms with Crippen molar-refractivity contribution in [1.82, 2.24) is 14.9 Å². The van der Waals surface area contributed by atoms with Gasteiger partial charge in [0.15, 0.2) is 9.84 Å². The molecule has 4 heterocycles. The maximum absolute atomic E-state index is 14.8. The Kier molecular flexibility index (Phi) is 5.18. The largest absolute Gasteiger partial charge is 0.350 e. The molecule has 6 rings (SSSR count). The first-order valence-electron chi connectivity index (χ1n) is 10.8. The molecule has 3 aromatic rings. The molecule has 178 valence electrons. The lowest BCUT2D eigenvalue weighted by Gasteiger charge is -2.39. The van der Waals surface area contributed by atoms with Crippen LogP contribution in [0, 0.1) is 11.6 Å². The molecule has 2 saturated heterocycles. The number of anilines is 1. The van der Waals surface area contributed by atoms with Gasteiger partial charge < -0.3 is 10.2 Å². The molecule has 0 aliphatic carbocycles. The molecule has 3 aliphatic heterocycles. The lowest BCUT2D eigenvalue weighted by Crippen LogP contribution is -2.58. The number of nitrogens with one attached hydrogen (secondary N) is 1. The van der Waals surface area contributed by atoms with Gasteiger partial charge in [-0.05, 0) is 18.2 Å². The van der Waals surface area contributed by atoms with Crippen molar-refractivity contribution in [2.75, 3.05) is 35.2 Å². The van der Waals surface area contributed by atoms with Crippen LogP contribution in [0.4, 0.5) is 14.6 Å². The summed E-state index contributed by atoms with van der Waals surface area (Å²) in [7, 11) is -3.22. The van der Waals surface area contributed by atoms with Crippen LogP contribution in [-0.2, 0) is 16.4 Å². The topological polar surface area (TPSA) is 84.3 Å². The van der Waals surface area contributed by atoms with E-state index in [1.54, 1.807) is 10.6 Å². The van der Waals surface area contributed by atoms with Crippen molar-refractivity contribution in [2.24, 2.45) is 0 Å². The first-order valence-corrected chi connectivity index (χ1v) is 14.0. The highest BCUT2D eigenvalue weighted by molar-refractivity contribution is 7.99. The van der Waals surface area contributed by atoms with Crippen LogP contribution in [-0.4, -0.2) is 60.4 Å². The standard InChI is InChI=1S/C22H19ClF2N4O3S2/c23-14-8-13-19-20(18(14)12-2-1-11(24)7-15(12)25)33-6-5-29(19)22(30)27-21(13)28-4-3-26-16-9-34(31,32)10-17(16)28/h1-2,7-8,16-17,26H,3-6,9-10H2/t16-,17+/m0/s1. The second-order valence-corrected chi connectivity index (χ2v) is 12.4. The number of sulfone groups is 1. The van der Waals surface area contributed by atoms with E-state index in [4.69, 9.17) is 11.6 Å². The van der Waals surface area contributed by atoms with E-state index in [0.29, 0.717) is 52.6 Å². The Morgan fingerprint density at radius 2 is 2.00 bits per heavy atom. The Morgan fingerprint density at radius 1 is 1.18 bits per heavy atom. The molecule has 34 heavy (non-hydrogen) atoms.